The SMILES string of the molecule is CC(C)c1ccc2c(c1)[C@H](Nc1ccc(S(=O)(=O)N3CCOCC3)cn1)CCC2. The summed E-state index contributed by atoms with van der Waals surface area (Å²) in [7, 11) is -3.51. The summed E-state index contributed by atoms with van der Waals surface area (Å²) in [6.45, 7) is 6.07. The summed E-state index contributed by atoms with van der Waals surface area (Å²) < 4.78 is 32.2. The Morgan fingerprint density at radius 2 is 1.97 bits per heavy atom. The summed E-state index contributed by atoms with van der Waals surface area (Å²) in [5.41, 5.74) is 4.08. The Morgan fingerprint density at radius 1 is 1.17 bits per heavy atom. The van der Waals surface area contributed by atoms with Crippen molar-refractivity contribution in [2.24, 2.45) is 0 Å². The maximum Gasteiger partial charge on any atom is 0.244 e. The van der Waals surface area contributed by atoms with Crippen LogP contribution in [0, 0.1) is 0 Å². The van der Waals surface area contributed by atoms with Gasteiger partial charge in [0.2, 0.25) is 10.0 Å². The molecule has 0 bridgehead atoms. The smallest absolute Gasteiger partial charge is 0.244 e. The van der Waals surface area contributed by atoms with E-state index >= 15 is 0 Å². The lowest BCUT2D eigenvalue weighted by molar-refractivity contribution is 0.0730. The summed E-state index contributed by atoms with van der Waals surface area (Å²) >= 11 is 0. The maximum atomic E-state index is 12.8. The van der Waals surface area contributed by atoms with Gasteiger partial charge in [-0.15, -0.1) is 0 Å². The molecule has 1 aromatic carbocycles. The van der Waals surface area contributed by atoms with E-state index in [1.54, 1.807) is 12.1 Å². The summed E-state index contributed by atoms with van der Waals surface area (Å²) in [6.07, 6.45) is 4.75. The van der Waals surface area contributed by atoms with Crippen LogP contribution in [-0.2, 0) is 21.2 Å². The third kappa shape index (κ3) is 4.32. The van der Waals surface area contributed by atoms with Gasteiger partial charge in [0.25, 0.3) is 0 Å². The third-order valence-corrected chi connectivity index (χ3v) is 7.70. The minimum atomic E-state index is -3.51. The van der Waals surface area contributed by atoms with Crippen molar-refractivity contribution >= 4 is 15.8 Å². The number of sulfonamides is 1. The van der Waals surface area contributed by atoms with Crippen LogP contribution in [0.1, 0.15) is 55.3 Å². The van der Waals surface area contributed by atoms with Crippen molar-refractivity contribution in [2.75, 3.05) is 31.6 Å². The first kappa shape index (κ1) is 20.3. The zero-order valence-corrected chi connectivity index (χ0v) is 17.9. The van der Waals surface area contributed by atoms with E-state index < -0.39 is 10.0 Å². The topological polar surface area (TPSA) is 71.5 Å². The molecule has 4 rings (SSSR count). The first-order valence-electron chi connectivity index (χ1n) is 10.4. The molecular weight excluding hydrogens is 386 g/mol. The second-order valence-electron chi connectivity index (χ2n) is 8.10. The molecule has 1 fully saturated rings. The number of aryl methyl sites for hydroxylation is 1. The molecule has 0 unspecified atom stereocenters. The van der Waals surface area contributed by atoms with Gasteiger partial charge in [0.05, 0.1) is 19.3 Å². The predicted molar refractivity (Wildman–Crippen MR) is 114 cm³/mol. The van der Waals surface area contributed by atoms with E-state index in [0.29, 0.717) is 38.0 Å². The average Bonchev–Trinajstić information content (AvgIpc) is 2.74. The predicted octanol–water partition coefficient (Wildman–Crippen LogP) is 3.72. The lowest BCUT2D eigenvalue weighted by atomic mass is 9.85. The van der Waals surface area contributed by atoms with Gasteiger partial charge in [0.1, 0.15) is 10.7 Å². The molecule has 6 nitrogen and oxygen atoms in total. The minimum absolute atomic E-state index is 0.201. The van der Waals surface area contributed by atoms with Gasteiger partial charge in [-0.2, -0.15) is 4.31 Å². The molecule has 1 aromatic heterocycles. The quantitative estimate of drug-likeness (QED) is 0.806. The van der Waals surface area contributed by atoms with Gasteiger partial charge < -0.3 is 10.1 Å². The number of ether oxygens (including phenoxy) is 1. The monoisotopic (exact) mass is 415 g/mol. The number of pyridine rings is 1. The second-order valence-corrected chi connectivity index (χ2v) is 10.0. The summed E-state index contributed by atoms with van der Waals surface area (Å²) in [5, 5.41) is 3.52. The van der Waals surface area contributed by atoms with Crippen molar-refractivity contribution in [1.29, 1.82) is 0 Å². The van der Waals surface area contributed by atoms with Crippen molar-refractivity contribution < 1.29 is 13.2 Å². The second kappa shape index (κ2) is 8.42. The van der Waals surface area contributed by atoms with Crippen LogP contribution in [0.2, 0.25) is 0 Å². The average molecular weight is 416 g/mol. The van der Waals surface area contributed by atoms with Crippen molar-refractivity contribution in [3.8, 4) is 0 Å². The lowest BCUT2D eigenvalue weighted by Crippen LogP contribution is -2.40. The van der Waals surface area contributed by atoms with E-state index in [4.69, 9.17) is 4.74 Å². The molecular formula is C22H29N3O3S. The summed E-state index contributed by atoms with van der Waals surface area (Å²) in [6, 6.07) is 10.4. The standard InChI is InChI=1S/C22H29N3O3S/c1-16(2)18-7-6-17-4-3-5-21(20(17)14-18)24-22-9-8-19(15-23-22)29(26,27)25-10-12-28-13-11-25/h6-9,14-16,21H,3-5,10-13H2,1-2H3,(H,23,24)/t21-/m1/s1. The van der Waals surface area contributed by atoms with Crippen molar-refractivity contribution in [2.45, 2.75) is 50.0 Å². The van der Waals surface area contributed by atoms with Crippen LogP contribution in [0.15, 0.2) is 41.4 Å². The van der Waals surface area contributed by atoms with Crippen molar-refractivity contribution in [3.05, 3.63) is 53.2 Å². The number of nitrogens with one attached hydrogen (secondary N) is 1. The molecule has 2 aliphatic rings. The first-order chi connectivity index (χ1) is 13.9. The number of morpholine rings is 1. The van der Waals surface area contributed by atoms with Crippen LogP contribution < -0.4 is 5.32 Å². The van der Waals surface area contributed by atoms with Crippen LogP contribution >= 0.6 is 0 Å². The molecule has 1 aliphatic heterocycles. The number of anilines is 1. The van der Waals surface area contributed by atoms with Crippen LogP contribution in [0.3, 0.4) is 0 Å². The Labute approximate surface area is 173 Å². The fourth-order valence-electron chi connectivity index (χ4n) is 4.06. The highest BCUT2D eigenvalue weighted by atomic mass is 32.2. The molecule has 1 saturated heterocycles. The summed E-state index contributed by atoms with van der Waals surface area (Å²) in [5.74, 6) is 1.20. The van der Waals surface area contributed by atoms with Gasteiger partial charge in [-0.1, -0.05) is 32.0 Å². The number of benzene rings is 1. The van der Waals surface area contributed by atoms with Crippen LogP contribution in [0.25, 0.3) is 0 Å². The zero-order chi connectivity index (χ0) is 20.4. The van der Waals surface area contributed by atoms with Crippen LogP contribution in [0.4, 0.5) is 5.82 Å². The van der Waals surface area contributed by atoms with Gasteiger partial charge in [0.15, 0.2) is 0 Å². The number of aromatic nitrogens is 1. The molecule has 0 amide bonds. The Hall–Kier alpha value is -1.96. The van der Waals surface area contributed by atoms with Crippen molar-refractivity contribution in [1.82, 2.24) is 9.29 Å². The minimum Gasteiger partial charge on any atom is -0.379 e. The largest absolute Gasteiger partial charge is 0.379 e. The number of hydrogen-bond donors (Lipinski definition) is 1. The molecule has 1 aliphatic carbocycles. The molecule has 0 spiro atoms. The van der Waals surface area contributed by atoms with E-state index in [1.807, 2.05) is 0 Å². The molecule has 1 atom stereocenters. The molecule has 0 saturated carbocycles. The molecule has 1 N–H and O–H groups in total. The van der Waals surface area contributed by atoms with E-state index in [2.05, 4.69) is 42.3 Å². The highest BCUT2D eigenvalue weighted by Gasteiger charge is 2.27. The van der Waals surface area contributed by atoms with Crippen molar-refractivity contribution in [3.63, 3.8) is 0 Å². The fourth-order valence-corrected chi connectivity index (χ4v) is 5.41. The number of fused-ring (bicyclic) bond motifs is 1. The van der Waals surface area contributed by atoms with Gasteiger partial charge in [-0.05, 0) is 54.0 Å². The Bertz CT molecular complexity index is 952. The molecule has 29 heavy (non-hydrogen) atoms. The Balaban J connectivity index is 1.52. The van der Waals surface area contributed by atoms with Gasteiger partial charge in [-0.3, -0.25) is 0 Å². The number of hydrogen-bond acceptors (Lipinski definition) is 5. The molecule has 0 radical (unpaired) electrons. The number of rotatable bonds is 5. The fraction of sp³-hybridized carbons (Fsp3) is 0.500. The summed E-state index contributed by atoms with van der Waals surface area (Å²) in [4.78, 5) is 4.65. The van der Waals surface area contributed by atoms with Crippen LogP contribution in [-0.4, -0.2) is 44.0 Å². The lowest BCUT2D eigenvalue weighted by Gasteiger charge is -2.28. The van der Waals surface area contributed by atoms with E-state index in [1.165, 1.54) is 27.2 Å². The van der Waals surface area contributed by atoms with Crippen LogP contribution in [0.5, 0.6) is 0 Å². The highest BCUT2D eigenvalue weighted by molar-refractivity contribution is 7.89. The maximum absolute atomic E-state index is 12.8. The molecule has 7 heteroatoms. The Kier molecular flexibility index (Phi) is 5.90. The number of nitrogens with zero attached hydrogens (tertiary/aromatic N) is 2. The third-order valence-electron chi connectivity index (χ3n) is 5.82. The molecule has 2 aromatic rings. The van der Waals surface area contributed by atoms with E-state index in [-0.39, 0.29) is 10.9 Å². The van der Waals surface area contributed by atoms with Gasteiger partial charge >= 0.3 is 0 Å². The normalized spacial score (nSPS) is 20.4. The van der Waals surface area contributed by atoms with Gasteiger partial charge in [0, 0.05) is 19.3 Å². The van der Waals surface area contributed by atoms with Gasteiger partial charge in [-0.25, -0.2) is 13.4 Å². The molecule has 156 valence electrons. The van der Waals surface area contributed by atoms with E-state index in [9.17, 15) is 8.42 Å². The first-order valence-corrected chi connectivity index (χ1v) is 11.8. The zero-order valence-electron chi connectivity index (χ0n) is 17.1. The highest BCUT2D eigenvalue weighted by Crippen LogP contribution is 2.34. The molecule has 2 heterocycles. The Morgan fingerprint density at radius 3 is 2.66 bits per heavy atom. The van der Waals surface area contributed by atoms with E-state index in [0.717, 1.165) is 19.3 Å².